The zero-order valence-corrected chi connectivity index (χ0v) is 14.5. The summed E-state index contributed by atoms with van der Waals surface area (Å²) in [4.78, 5) is 24.8. The highest BCUT2D eigenvalue weighted by molar-refractivity contribution is 5.93. The van der Waals surface area contributed by atoms with Crippen molar-refractivity contribution in [3.05, 3.63) is 29.3 Å². The standard InChI is InChI=1S/C17H27N3O2/c1-12-8-7-9-13(2)16(12)18-14(21)10-20(6)11-15(22)19-17(3,4)5/h7-9H,10-11H2,1-6H3,(H,18,21)(H,19,22)/p+1. The van der Waals surface area contributed by atoms with Crippen molar-refractivity contribution >= 4 is 17.5 Å². The van der Waals surface area contributed by atoms with E-state index in [0.717, 1.165) is 21.7 Å². The first-order chi connectivity index (χ1) is 10.1. The van der Waals surface area contributed by atoms with E-state index in [-0.39, 0.29) is 30.4 Å². The van der Waals surface area contributed by atoms with E-state index in [4.69, 9.17) is 0 Å². The summed E-state index contributed by atoms with van der Waals surface area (Å²) in [7, 11) is 1.84. The Hall–Kier alpha value is -1.88. The van der Waals surface area contributed by atoms with Crippen molar-refractivity contribution in [1.29, 1.82) is 0 Å². The average molecular weight is 306 g/mol. The molecular weight excluding hydrogens is 278 g/mol. The molecule has 1 unspecified atom stereocenters. The van der Waals surface area contributed by atoms with E-state index in [2.05, 4.69) is 10.6 Å². The van der Waals surface area contributed by atoms with Gasteiger partial charge in [-0.15, -0.1) is 0 Å². The maximum atomic E-state index is 12.1. The molecule has 1 rings (SSSR count). The molecule has 0 radical (unpaired) electrons. The Morgan fingerprint density at radius 1 is 1.05 bits per heavy atom. The van der Waals surface area contributed by atoms with Crippen LogP contribution in [-0.2, 0) is 9.59 Å². The van der Waals surface area contributed by atoms with Crippen LogP contribution in [0.25, 0.3) is 0 Å². The molecule has 0 saturated carbocycles. The Balaban J connectivity index is 2.53. The number of para-hydroxylation sites is 1. The maximum Gasteiger partial charge on any atom is 0.279 e. The van der Waals surface area contributed by atoms with Crippen LogP contribution in [0.5, 0.6) is 0 Å². The van der Waals surface area contributed by atoms with Crippen molar-refractivity contribution < 1.29 is 14.5 Å². The van der Waals surface area contributed by atoms with Crippen LogP contribution in [0.15, 0.2) is 18.2 Å². The van der Waals surface area contributed by atoms with Crippen LogP contribution >= 0.6 is 0 Å². The van der Waals surface area contributed by atoms with Gasteiger partial charge in [-0.05, 0) is 45.7 Å². The molecule has 0 spiro atoms. The largest absolute Gasteiger partial charge is 0.347 e. The fraction of sp³-hybridized carbons (Fsp3) is 0.529. The molecule has 22 heavy (non-hydrogen) atoms. The van der Waals surface area contributed by atoms with E-state index >= 15 is 0 Å². The van der Waals surface area contributed by atoms with Crippen LogP contribution in [0.1, 0.15) is 31.9 Å². The summed E-state index contributed by atoms with van der Waals surface area (Å²) in [5.41, 5.74) is 2.69. The molecule has 0 saturated heterocycles. The summed E-state index contributed by atoms with van der Waals surface area (Å²) in [6.45, 7) is 10.3. The molecule has 5 nitrogen and oxygen atoms in total. The van der Waals surface area contributed by atoms with E-state index in [1.54, 1.807) is 0 Å². The number of carbonyl (C=O) groups is 2. The van der Waals surface area contributed by atoms with Gasteiger partial charge in [-0.25, -0.2) is 0 Å². The van der Waals surface area contributed by atoms with Crippen molar-refractivity contribution in [2.24, 2.45) is 0 Å². The van der Waals surface area contributed by atoms with Crippen LogP contribution in [0.2, 0.25) is 0 Å². The highest BCUT2D eigenvalue weighted by Gasteiger charge is 2.19. The monoisotopic (exact) mass is 306 g/mol. The van der Waals surface area contributed by atoms with Crippen LogP contribution in [-0.4, -0.2) is 37.5 Å². The lowest BCUT2D eigenvalue weighted by Crippen LogP contribution is -3.11. The number of quaternary nitrogens is 1. The van der Waals surface area contributed by atoms with Gasteiger partial charge in [0.2, 0.25) is 0 Å². The molecule has 1 aromatic carbocycles. The van der Waals surface area contributed by atoms with Crippen molar-refractivity contribution in [2.75, 3.05) is 25.5 Å². The molecule has 122 valence electrons. The number of anilines is 1. The lowest BCUT2D eigenvalue weighted by molar-refractivity contribution is -0.862. The Bertz CT molecular complexity index is 527. The van der Waals surface area contributed by atoms with Gasteiger partial charge in [0.05, 0.1) is 7.05 Å². The molecule has 0 bridgehead atoms. The third-order valence-corrected chi connectivity index (χ3v) is 3.18. The molecule has 0 fully saturated rings. The first kappa shape index (κ1) is 18.2. The zero-order valence-electron chi connectivity index (χ0n) is 14.5. The third-order valence-electron chi connectivity index (χ3n) is 3.18. The maximum absolute atomic E-state index is 12.1. The Morgan fingerprint density at radius 2 is 1.55 bits per heavy atom. The molecule has 1 atom stereocenters. The quantitative estimate of drug-likeness (QED) is 0.749. The van der Waals surface area contributed by atoms with E-state index in [1.807, 2.05) is 59.9 Å². The van der Waals surface area contributed by atoms with Gasteiger partial charge in [0.1, 0.15) is 0 Å². The van der Waals surface area contributed by atoms with Crippen LogP contribution in [0, 0.1) is 13.8 Å². The SMILES string of the molecule is Cc1cccc(C)c1NC(=O)C[NH+](C)CC(=O)NC(C)(C)C. The topological polar surface area (TPSA) is 62.6 Å². The number of aryl methyl sites for hydroxylation is 2. The Morgan fingerprint density at radius 3 is 2.05 bits per heavy atom. The lowest BCUT2D eigenvalue weighted by Gasteiger charge is -2.22. The molecule has 5 heteroatoms. The summed E-state index contributed by atoms with van der Waals surface area (Å²) in [5.74, 6) is -0.136. The van der Waals surface area contributed by atoms with Crippen molar-refractivity contribution in [3.63, 3.8) is 0 Å². The fourth-order valence-electron chi connectivity index (χ4n) is 2.27. The first-order valence-corrected chi connectivity index (χ1v) is 7.57. The van der Waals surface area contributed by atoms with Crippen LogP contribution < -0.4 is 15.5 Å². The summed E-state index contributed by atoms with van der Waals surface area (Å²) in [6, 6.07) is 5.90. The Labute approximate surface area is 133 Å². The Kier molecular flexibility index (Phi) is 6.11. The zero-order chi connectivity index (χ0) is 16.9. The lowest BCUT2D eigenvalue weighted by atomic mass is 10.1. The summed E-state index contributed by atoms with van der Waals surface area (Å²) in [6.07, 6.45) is 0. The smallest absolute Gasteiger partial charge is 0.279 e. The molecule has 0 aromatic heterocycles. The molecule has 0 heterocycles. The number of nitrogens with one attached hydrogen (secondary N) is 3. The minimum atomic E-state index is -0.252. The number of likely N-dealkylation sites (N-methyl/N-ethyl adjacent to an activating group) is 1. The molecule has 1 aromatic rings. The van der Waals surface area contributed by atoms with E-state index in [0.29, 0.717) is 0 Å². The molecule has 0 aliphatic carbocycles. The molecular formula is C17H28N3O2+. The first-order valence-electron chi connectivity index (χ1n) is 7.57. The highest BCUT2D eigenvalue weighted by atomic mass is 16.2. The van der Waals surface area contributed by atoms with E-state index in [1.165, 1.54) is 0 Å². The third kappa shape index (κ3) is 6.26. The molecule has 0 aliphatic heterocycles. The average Bonchev–Trinajstić information content (AvgIpc) is 2.31. The summed E-state index contributed by atoms with van der Waals surface area (Å²) in [5, 5.41) is 5.84. The van der Waals surface area contributed by atoms with Crippen molar-refractivity contribution in [1.82, 2.24) is 5.32 Å². The number of hydrogen-bond donors (Lipinski definition) is 3. The van der Waals surface area contributed by atoms with Gasteiger partial charge in [0, 0.05) is 11.2 Å². The van der Waals surface area contributed by atoms with Crippen LogP contribution in [0.3, 0.4) is 0 Å². The minimum absolute atomic E-state index is 0.0510. The van der Waals surface area contributed by atoms with Gasteiger partial charge < -0.3 is 15.5 Å². The van der Waals surface area contributed by atoms with Crippen LogP contribution in [0.4, 0.5) is 5.69 Å². The normalized spacial score (nSPS) is 12.6. The second kappa shape index (κ2) is 7.40. The number of carbonyl (C=O) groups excluding carboxylic acids is 2. The molecule has 3 N–H and O–H groups in total. The minimum Gasteiger partial charge on any atom is -0.347 e. The van der Waals surface area contributed by atoms with Gasteiger partial charge in [0.25, 0.3) is 11.8 Å². The number of hydrogen-bond acceptors (Lipinski definition) is 2. The summed E-state index contributed by atoms with van der Waals surface area (Å²) >= 11 is 0. The van der Waals surface area contributed by atoms with E-state index < -0.39 is 0 Å². The van der Waals surface area contributed by atoms with E-state index in [9.17, 15) is 9.59 Å². The van der Waals surface area contributed by atoms with Gasteiger partial charge in [-0.1, -0.05) is 18.2 Å². The fourth-order valence-corrected chi connectivity index (χ4v) is 2.27. The second-order valence-electron chi connectivity index (χ2n) is 6.92. The van der Waals surface area contributed by atoms with Gasteiger partial charge in [0.15, 0.2) is 13.1 Å². The van der Waals surface area contributed by atoms with Gasteiger partial charge >= 0.3 is 0 Å². The number of benzene rings is 1. The predicted octanol–water partition coefficient (Wildman–Crippen LogP) is 0.671. The number of rotatable bonds is 5. The highest BCUT2D eigenvalue weighted by Crippen LogP contribution is 2.18. The predicted molar refractivity (Wildman–Crippen MR) is 89.1 cm³/mol. The van der Waals surface area contributed by atoms with Gasteiger partial charge in [-0.2, -0.15) is 0 Å². The van der Waals surface area contributed by atoms with Crippen molar-refractivity contribution in [3.8, 4) is 0 Å². The van der Waals surface area contributed by atoms with Gasteiger partial charge in [-0.3, -0.25) is 9.59 Å². The number of amides is 2. The molecule has 0 aliphatic rings. The summed E-state index contributed by atoms with van der Waals surface area (Å²) < 4.78 is 0. The second-order valence-corrected chi connectivity index (χ2v) is 6.92. The molecule has 2 amide bonds. The van der Waals surface area contributed by atoms with Crippen molar-refractivity contribution in [2.45, 2.75) is 40.2 Å².